The summed E-state index contributed by atoms with van der Waals surface area (Å²) in [6, 6.07) is 12.3. The normalized spacial score (nSPS) is 15.4. The number of benzene rings is 2. The molecule has 0 fully saturated rings. The smallest absolute Gasteiger partial charge is 0.241 e. The summed E-state index contributed by atoms with van der Waals surface area (Å²) in [5.74, 6) is -1.13. The summed E-state index contributed by atoms with van der Waals surface area (Å²) >= 11 is 5.98. The minimum absolute atomic E-state index is 0.116. The standard InChI is InChI=1S/C22H28ClNO4S2/c1-15-6-12-19(13-7-15)30(27,28)24-21(17-8-10-18(23)11-9-17)16(2)20(25)14-29(26)22(3,4)5/h6-13,16,21,24H,14H2,1-5H3/t16-,21+,29?/m0/s1. The fraction of sp³-hybridized carbons (Fsp3) is 0.409. The Kier molecular flexibility index (Phi) is 8.02. The molecule has 0 spiro atoms. The largest absolute Gasteiger partial charge is 0.298 e. The Morgan fingerprint density at radius 3 is 2.10 bits per heavy atom. The van der Waals surface area contributed by atoms with Crippen LogP contribution in [0.2, 0.25) is 5.02 Å². The maximum atomic E-state index is 13.0. The number of Topliss-reactive ketones (excluding diaryl/α,β-unsaturated/α-hetero) is 1. The molecule has 0 radical (unpaired) electrons. The van der Waals surface area contributed by atoms with Crippen LogP contribution in [-0.2, 0) is 25.6 Å². The van der Waals surface area contributed by atoms with E-state index in [0.717, 1.165) is 5.56 Å². The topological polar surface area (TPSA) is 80.3 Å². The number of halogens is 1. The first-order valence-electron chi connectivity index (χ1n) is 9.57. The molecule has 0 aromatic heterocycles. The van der Waals surface area contributed by atoms with Gasteiger partial charge in [-0.3, -0.25) is 9.00 Å². The zero-order valence-electron chi connectivity index (χ0n) is 17.8. The lowest BCUT2D eigenvalue weighted by Crippen LogP contribution is -2.38. The van der Waals surface area contributed by atoms with Crippen LogP contribution in [-0.4, -0.2) is 28.9 Å². The van der Waals surface area contributed by atoms with E-state index in [-0.39, 0.29) is 16.4 Å². The highest BCUT2D eigenvalue weighted by atomic mass is 35.5. The predicted molar refractivity (Wildman–Crippen MR) is 123 cm³/mol. The van der Waals surface area contributed by atoms with Crippen molar-refractivity contribution in [1.82, 2.24) is 4.72 Å². The molecule has 0 aliphatic rings. The molecule has 0 aliphatic carbocycles. The monoisotopic (exact) mass is 469 g/mol. The number of ketones is 1. The Hall–Kier alpha value is -1.54. The van der Waals surface area contributed by atoms with Crippen LogP contribution >= 0.6 is 11.6 Å². The van der Waals surface area contributed by atoms with E-state index in [0.29, 0.717) is 10.6 Å². The molecule has 0 amide bonds. The van der Waals surface area contributed by atoms with Crippen LogP contribution in [0.5, 0.6) is 0 Å². The number of carbonyl (C=O) groups is 1. The number of hydrogen-bond donors (Lipinski definition) is 1. The van der Waals surface area contributed by atoms with Crippen LogP contribution in [0.1, 0.15) is 44.9 Å². The van der Waals surface area contributed by atoms with Crippen molar-refractivity contribution in [2.45, 2.75) is 50.3 Å². The summed E-state index contributed by atoms with van der Waals surface area (Å²) in [5.41, 5.74) is 1.55. The Labute approximate surface area is 186 Å². The van der Waals surface area contributed by atoms with Gasteiger partial charge in [-0.25, -0.2) is 13.1 Å². The third-order valence-corrected chi connectivity index (χ3v) is 8.43. The van der Waals surface area contributed by atoms with Gasteiger partial charge in [-0.2, -0.15) is 0 Å². The number of nitrogens with one attached hydrogen (secondary N) is 1. The van der Waals surface area contributed by atoms with Crippen molar-refractivity contribution in [2.75, 3.05) is 5.75 Å². The lowest BCUT2D eigenvalue weighted by atomic mass is 9.92. The molecule has 3 atom stereocenters. The van der Waals surface area contributed by atoms with Gasteiger partial charge in [-0.1, -0.05) is 48.4 Å². The van der Waals surface area contributed by atoms with Crippen LogP contribution < -0.4 is 4.72 Å². The first-order valence-corrected chi connectivity index (χ1v) is 12.7. The molecule has 2 aromatic carbocycles. The molecule has 30 heavy (non-hydrogen) atoms. The highest BCUT2D eigenvalue weighted by Crippen LogP contribution is 2.28. The van der Waals surface area contributed by atoms with Crippen molar-refractivity contribution < 1.29 is 17.4 Å². The highest BCUT2D eigenvalue weighted by Gasteiger charge is 2.32. The Morgan fingerprint density at radius 1 is 1.07 bits per heavy atom. The molecule has 0 saturated heterocycles. The maximum Gasteiger partial charge on any atom is 0.241 e. The van der Waals surface area contributed by atoms with E-state index in [1.54, 1.807) is 64.1 Å². The summed E-state index contributed by atoms with van der Waals surface area (Å²) in [5, 5.41) is 0.506. The van der Waals surface area contributed by atoms with Gasteiger partial charge in [0.1, 0.15) is 5.78 Å². The number of aryl methyl sites for hydroxylation is 1. The minimum atomic E-state index is -3.88. The molecule has 0 aliphatic heterocycles. The summed E-state index contributed by atoms with van der Waals surface area (Å²) in [4.78, 5) is 13.0. The van der Waals surface area contributed by atoms with E-state index in [2.05, 4.69) is 4.72 Å². The van der Waals surface area contributed by atoms with Crippen LogP contribution in [0.3, 0.4) is 0 Å². The molecule has 1 N–H and O–H groups in total. The summed E-state index contributed by atoms with van der Waals surface area (Å²) in [6.07, 6.45) is 0. The van der Waals surface area contributed by atoms with E-state index in [1.807, 2.05) is 6.92 Å². The molecule has 0 heterocycles. The fourth-order valence-electron chi connectivity index (χ4n) is 2.74. The van der Waals surface area contributed by atoms with Gasteiger partial charge in [0.25, 0.3) is 0 Å². The van der Waals surface area contributed by atoms with Gasteiger partial charge in [0.2, 0.25) is 10.0 Å². The molecule has 8 heteroatoms. The average Bonchev–Trinajstić information content (AvgIpc) is 2.66. The van der Waals surface area contributed by atoms with Gasteiger partial charge >= 0.3 is 0 Å². The third-order valence-electron chi connectivity index (χ3n) is 4.81. The zero-order valence-corrected chi connectivity index (χ0v) is 20.2. The predicted octanol–water partition coefficient (Wildman–Crippen LogP) is 4.42. The summed E-state index contributed by atoms with van der Waals surface area (Å²) < 4.78 is 40.6. The molecular formula is C22H28ClNO4S2. The van der Waals surface area contributed by atoms with Gasteiger partial charge in [-0.05, 0) is 57.5 Å². The third kappa shape index (κ3) is 6.48. The Balaban J connectivity index is 2.37. The second kappa shape index (κ2) is 9.73. The van der Waals surface area contributed by atoms with Crippen molar-refractivity contribution in [3.05, 3.63) is 64.7 Å². The second-order valence-corrected chi connectivity index (χ2v) is 12.7. The van der Waals surface area contributed by atoms with E-state index in [4.69, 9.17) is 11.6 Å². The van der Waals surface area contributed by atoms with Crippen LogP contribution in [0.4, 0.5) is 0 Å². The van der Waals surface area contributed by atoms with Gasteiger partial charge in [0, 0.05) is 26.5 Å². The number of rotatable bonds is 8. The Bertz CT molecular complexity index is 1010. The molecule has 164 valence electrons. The zero-order chi connectivity index (χ0) is 22.7. The lowest BCUT2D eigenvalue weighted by molar-refractivity contribution is -0.120. The molecule has 1 unspecified atom stereocenters. The summed E-state index contributed by atoms with van der Waals surface area (Å²) in [6.45, 7) is 8.93. The number of carbonyl (C=O) groups excluding carboxylic acids is 1. The van der Waals surface area contributed by atoms with Crippen molar-refractivity contribution in [2.24, 2.45) is 5.92 Å². The Morgan fingerprint density at radius 2 is 1.60 bits per heavy atom. The van der Waals surface area contributed by atoms with E-state index in [1.165, 1.54) is 12.1 Å². The van der Waals surface area contributed by atoms with Crippen molar-refractivity contribution >= 4 is 38.2 Å². The summed E-state index contributed by atoms with van der Waals surface area (Å²) in [7, 11) is -5.26. The number of sulfonamides is 1. The first-order chi connectivity index (χ1) is 13.8. The van der Waals surface area contributed by atoms with Crippen LogP contribution in [0.25, 0.3) is 0 Å². The fourth-order valence-corrected chi connectivity index (χ4v) is 5.13. The number of hydrogen-bond acceptors (Lipinski definition) is 4. The SMILES string of the molecule is Cc1ccc(S(=O)(=O)N[C@@H](c2ccc(Cl)cc2)[C@@H](C)C(=O)CS(=O)C(C)(C)C)cc1. The quantitative estimate of drug-likeness (QED) is 0.620. The molecule has 0 saturated carbocycles. The van der Waals surface area contributed by atoms with Crippen molar-refractivity contribution in [1.29, 1.82) is 0 Å². The average molecular weight is 470 g/mol. The van der Waals surface area contributed by atoms with Crippen molar-refractivity contribution in [3.8, 4) is 0 Å². The highest BCUT2D eigenvalue weighted by molar-refractivity contribution is 7.89. The van der Waals surface area contributed by atoms with E-state index in [9.17, 15) is 17.4 Å². The lowest BCUT2D eigenvalue weighted by Gasteiger charge is -2.26. The second-order valence-electron chi connectivity index (χ2n) is 8.32. The molecular weight excluding hydrogens is 442 g/mol. The van der Waals surface area contributed by atoms with E-state index < -0.39 is 37.5 Å². The van der Waals surface area contributed by atoms with Gasteiger partial charge in [0.15, 0.2) is 0 Å². The van der Waals surface area contributed by atoms with Gasteiger partial charge in [-0.15, -0.1) is 0 Å². The molecule has 2 aromatic rings. The molecule has 0 bridgehead atoms. The van der Waals surface area contributed by atoms with Crippen LogP contribution in [0, 0.1) is 12.8 Å². The van der Waals surface area contributed by atoms with E-state index >= 15 is 0 Å². The first kappa shape index (κ1) is 24.7. The molecule has 2 rings (SSSR count). The van der Waals surface area contributed by atoms with Gasteiger partial charge < -0.3 is 0 Å². The van der Waals surface area contributed by atoms with Crippen molar-refractivity contribution in [3.63, 3.8) is 0 Å². The molecule has 5 nitrogen and oxygen atoms in total. The van der Waals surface area contributed by atoms with Crippen LogP contribution in [0.15, 0.2) is 53.4 Å². The van der Waals surface area contributed by atoms with Gasteiger partial charge in [0.05, 0.1) is 16.7 Å². The maximum absolute atomic E-state index is 13.0. The minimum Gasteiger partial charge on any atom is -0.298 e.